The Morgan fingerprint density at radius 2 is 2.04 bits per heavy atom. The normalized spacial score (nSPS) is 19.4. The van der Waals surface area contributed by atoms with Crippen LogP contribution in [0.3, 0.4) is 0 Å². The van der Waals surface area contributed by atoms with Crippen LogP contribution in [0.15, 0.2) is 53.0 Å². The van der Waals surface area contributed by atoms with Crippen LogP contribution in [-0.2, 0) is 15.3 Å². The predicted molar refractivity (Wildman–Crippen MR) is 113 cm³/mol. The van der Waals surface area contributed by atoms with Gasteiger partial charge in [0.15, 0.2) is 0 Å². The number of hydrogen-bond donors (Lipinski definition) is 3. The molecule has 2 aromatic carbocycles. The van der Waals surface area contributed by atoms with E-state index in [-0.39, 0.29) is 29.8 Å². The molecule has 142 valence electrons. The molecule has 0 saturated carbocycles. The summed E-state index contributed by atoms with van der Waals surface area (Å²) < 4.78 is 1.00. The topological polar surface area (TPSA) is 70.2 Å². The minimum Gasteiger partial charge on any atom is -0.332 e. The van der Waals surface area contributed by atoms with Crippen molar-refractivity contribution in [1.82, 2.24) is 10.6 Å². The number of amides is 2. The lowest BCUT2D eigenvalue weighted by molar-refractivity contribution is -0.124. The molecule has 2 unspecified atom stereocenters. The van der Waals surface area contributed by atoms with E-state index < -0.39 is 0 Å². The van der Waals surface area contributed by atoms with Crippen molar-refractivity contribution in [3.05, 3.63) is 64.1 Å². The molecule has 3 rings (SSSR count). The number of nitrogens with one attached hydrogen (secondary N) is 3. The van der Waals surface area contributed by atoms with Crippen LogP contribution >= 0.6 is 27.7 Å². The Bertz CT molecular complexity index is 816. The molecule has 2 atom stereocenters. The number of carbonyl (C=O) groups is 2. The van der Waals surface area contributed by atoms with Crippen molar-refractivity contribution in [3.63, 3.8) is 0 Å². The first-order valence-electron chi connectivity index (χ1n) is 8.76. The fraction of sp³-hybridized carbons (Fsp3) is 0.300. The van der Waals surface area contributed by atoms with Gasteiger partial charge in [-0.25, -0.2) is 0 Å². The first kappa shape index (κ1) is 19.9. The predicted octanol–water partition coefficient (Wildman–Crippen LogP) is 3.78. The van der Waals surface area contributed by atoms with Crippen LogP contribution < -0.4 is 16.0 Å². The second kappa shape index (κ2) is 9.39. The molecular formula is C20H22BrN3O2S. The molecule has 1 saturated heterocycles. The lowest BCUT2D eigenvalue weighted by Crippen LogP contribution is -2.55. The van der Waals surface area contributed by atoms with Crippen LogP contribution in [0, 0.1) is 6.92 Å². The third-order valence-electron chi connectivity index (χ3n) is 4.24. The van der Waals surface area contributed by atoms with Crippen LogP contribution in [0.1, 0.15) is 24.0 Å². The van der Waals surface area contributed by atoms with Crippen LogP contribution in [0.4, 0.5) is 5.69 Å². The minimum absolute atomic E-state index is 0.0309. The molecule has 2 amide bonds. The number of halogens is 1. The maximum Gasteiger partial charge on any atom is 0.225 e. The van der Waals surface area contributed by atoms with Crippen molar-refractivity contribution in [3.8, 4) is 0 Å². The highest BCUT2D eigenvalue weighted by molar-refractivity contribution is 9.10. The molecule has 7 heteroatoms. The highest BCUT2D eigenvalue weighted by atomic mass is 79.9. The van der Waals surface area contributed by atoms with Gasteiger partial charge in [0.25, 0.3) is 0 Å². The summed E-state index contributed by atoms with van der Waals surface area (Å²) in [6, 6.07) is 15.6. The van der Waals surface area contributed by atoms with Crippen molar-refractivity contribution in [2.45, 2.75) is 37.1 Å². The van der Waals surface area contributed by atoms with Crippen LogP contribution in [0.5, 0.6) is 0 Å². The summed E-state index contributed by atoms with van der Waals surface area (Å²) in [4.78, 5) is 24.4. The fourth-order valence-corrected chi connectivity index (χ4v) is 4.18. The third kappa shape index (κ3) is 6.09. The minimum atomic E-state index is -0.195. The summed E-state index contributed by atoms with van der Waals surface area (Å²) in [5.41, 5.74) is 2.82. The van der Waals surface area contributed by atoms with E-state index in [2.05, 4.69) is 44.0 Å². The number of anilines is 1. The Labute approximate surface area is 171 Å². The van der Waals surface area contributed by atoms with Gasteiger partial charge in [-0.1, -0.05) is 46.3 Å². The molecule has 0 spiro atoms. The smallest absolute Gasteiger partial charge is 0.225 e. The van der Waals surface area contributed by atoms with Crippen LogP contribution in [0.2, 0.25) is 0 Å². The molecule has 27 heavy (non-hydrogen) atoms. The summed E-state index contributed by atoms with van der Waals surface area (Å²) in [6.45, 7) is 1.97. The maximum absolute atomic E-state index is 12.4. The second-order valence-electron chi connectivity index (χ2n) is 6.53. The Morgan fingerprint density at radius 1 is 1.26 bits per heavy atom. The summed E-state index contributed by atoms with van der Waals surface area (Å²) >= 11 is 5.06. The Morgan fingerprint density at radius 3 is 2.78 bits per heavy atom. The Balaban J connectivity index is 1.52. The summed E-state index contributed by atoms with van der Waals surface area (Å²) in [5, 5.41) is 9.19. The van der Waals surface area contributed by atoms with Gasteiger partial charge in [-0.05, 0) is 36.2 Å². The van der Waals surface area contributed by atoms with E-state index in [1.807, 2.05) is 43.3 Å². The number of aryl methyl sites for hydroxylation is 1. The highest BCUT2D eigenvalue weighted by Gasteiger charge is 2.27. The van der Waals surface area contributed by atoms with Gasteiger partial charge >= 0.3 is 0 Å². The van der Waals surface area contributed by atoms with E-state index >= 15 is 0 Å². The largest absolute Gasteiger partial charge is 0.332 e. The van der Waals surface area contributed by atoms with E-state index in [9.17, 15) is 9.59 Å². The van der Waals surface area contributed by atoms with Gasteiger partial charge in [-0.3, -0.25) is 14.9 Å². The fourth-order valence-electron chi connectivity index (χ4n) is 2.88. The van der Waals surface area contributed by atoms with Crippen molar-refractivity contribution in [1.29, 1.82) is 0 Å². The first-order valence-corrected chi connectivity index (χ1v) is 10.6. The zero-order valence-corrected chi connectivity index (χ0v) is 17.4. The number of hydrogen-bond acceptors (Lipinski definition) is 4. The molecule has 2 aromatic rings. The zero-order chi connectivity index (χ0) is 19.2. The van der Waals surface area contributed by atoms with E-state index in [4.69, 9.17) is 0 Å². The second-order valence-corrected chi connectivity index (χ2v) is 8.48. The highest BCUT2D eigenvalue weighted by Crippen LogP contribution is 2.21. The standard InChI is InChI=1S/C20H22BrN3O2S/c1-13-9-15(7-8-17(13)21)22-18(25)10-16-11-19(26)24-20(23-16)27-12-14-5-3-2-4-6-14/h2-9,16,20,23H,10-12H2,1H3,(H,22,25)(H,24,26). The van der Waals surface area contributed by atoms with Gasteiger partial charge < -0.3 is 10.6 Å². The van der Waals surface area contributed by atoms with Gasteiger partial charge in [-0.15, -0.1) is 11.8 Å². The number of thioether (sulfide) groups is 1. The molecule has 3 N–H and O–H groups in total. The molecule has 0 radical (unpaired) electrons. The average Bonchev–Trinajstić information content (AvgIpc) is 2.63. The lowest BCUT2D eigenvalue weighted by Gasteiger charge is -2.31. The summed E-state index contributed by atoms with van der Waals surface area (Å²) in [5.74, 6) is 0.655. The molecule has 5 nitrogen and oxygen atoms in total. The van der Waals surface area contributed by atoms with E-state index in [1.54, 1.807) is 11.8 Å². The van der Waals surface area contributed by atoms with Crippen LogP contribution in [0.25, 0.3) is 0 Å². The van der Waals surface area contributed by atoms with E-state index in [0.717, 1.165) is 21.5 Å². The van der Waals surface area contributed by atoms with E-state index in [1.165, 1.54) is 5.56 Å². The van der Waals surface area contributed by atoms with Crippen molar-refractivity contribution in [2.24, 2.45) is 0 Å². The zero-order valence-electron chi connectivity index (χ0n) is 15.0. The average molecular weight is 448 g/mol. The van der Waals surface area contributed by atoms with Gasteiger partial charge in [0.05, 0.1) is 0 Å². The lowest BCUT2D eigenvalue weighted by atomic mass is 10.1. The van der Waals surface area contributed by atoms with Crippen LogP contribution in [-0.4, -0.2) is 23.4 Å². The summed E-state index contributed by atoms with van der Waals surface area (Å²) in [6.07, 6.45) is 0.556. The molecule has 0 bridgehead atoms. The maximum atomic E-state index is 12.4. The summed E-state index contributed by atoms with van der Waals surface area (Å²) in [7, 11) is 0. The van der Waals surface area contributed by atoms with Gasteiger partial charge in [-0.2, -0.15) is 0 Å². The molecule has 1 fully saturated rings. The molecule has 1 heterocycles. The van der Waals surface area contributed by atoms with Crippen molar-refractivity contribution < 1.29 is 9.59 Å². The van der Waals surface area contributed by atoms with Gasteiger partial charge in [0.1, 0.15) is 5.50 Å². The molecule has 1 aliphatic rings. The number of benzene rings is 2. The van der Waals surface area contributed by atoms with Gasteiger partial charge in [0, 0.05) is 34.8 Å². The monoisotopic (exact) mass is 447 g/mol. The first-order chi connectivity index (χ1) is 13.0. The quantitative estimate of drug-likeness (QED) is 0.629. The Hall–Kier alpha value is -1.83. The third-order valence-corrected chi connectivity index (χ3v) is 6.22. The van der Waals surface area contributed by atoms with Gasteiger partial charge in [0.2, 0.25) is 11.8 Å². The molecule has 0 aliphatic carbocycles. The van der Waals surface area contributed by atoms with Crippen molar-refractivity contribution in [2.75, 3.05) is 5.32 Å². The SMILES string of the molecule is Cc1cc(NC(=O)CC2CC(=O)NC(SCc3ccccc3)N2)ccc1Br. The van der Waals surface area contributed by atoms with E-state index in [0.29, 0.717) is 6.42 Å². The number of rotatable bonds is 6. The van der Waals surface area contributed by atoms with Crippen molar-refractivity contribution >= 4 is 45.2 Å². The number of carbonyl (C=O) groups excluding carboxylic acids is 2. The molecule has 0 aromatic heterocycles. The molecule has 1 aliphatic heterocycles. The molecular weight excluding hydrogens is 426 g/mol. The Kier molecular flexibility index (Phi) is 6.93.